The number of nitrogens with one attached hydrogen (secondary N) is 2. The summed E-state index contributed by atoms with van der Waals surface area (Å²) in [6.45, 7) is 0. The Bertz CT molecular complexity index is 1420. The van der Waals surface area contributed by atoms with Crippen molar-refractivity contribution in [2.24, 2.45) is 0 Å². The molecule has 3 N–H and O–H groups in total. The zero-order valence-corrected chi connectivity index (χ0v) is 18.3. The van der Waals surface area contributed by atoms with Gasteiger partial charge in [0.2, 0.25) is 11.9 Å². The van der Waals surface area contributed by atoms with E-state index in [0.29, 0.717) is 35.2 Å². The first kappa shape index (κ1) is 19.6. The molecule has 34 heavy (non-hydrogen) atoms. The Balaban J connectivity index is 1.25. The molecule has 7 rings (SSSR count). The Morgan fingerprint density at radius 1 is 1.21 bits per heavy atom. The minimum Gasteiger partial charge on any atom is -0.393 e. The summed E-state index contributed by atoms with van der Waals surface area (Å²) >= 11 is 0. The zero-order chi connectivity index (χ0) is 22.9. The fourth-order valence-electron chi connectivity index (χ4n) is 5.42. The minimum atomic E-state index is -0.472. The molecule has 0 saturated heterocycles. The standard InChI is InChI=1S/C23H23N9O2/c33-14-4-1-3-13(9-14)32-20-16(23(5-6-23)21(32)34)11-25-22(29-20)28-17-12-26-30-18(17)15-10-27-31-8-2-7-24-19(15)31/h2,7-8,10-14,33H,1,3-6,9H2,(H,26,30)(H,25,28,29)/t13-,14-/m1/s1. The lowest BCUT2D eigenvalue weighted by molar-refractivity contribution is -0.121. The maximum atomic E-state index is 13.4. The van der Waals surface area contributed by atoms with Crippen LogP contribution in [0.25, 0.3) is 16.9 Å². The second kappa shape index (κ2) is 7.07. The van der Waals surface area contributed by atoms with Crippen LogP contribution in [0.2, 0.25) is 0 Å². The molecule has 172 valence electrons. The second-order valence-corrected chi connectivity index (χ2v) is 9.38. The number of aromatic amines is 1. The van der Waals surface area contributed by atoms with Crippen LogP contribution in [0.4, 0.5) is 17.5 Å². The van der Waals surface area contributed by atoms with Crippen LogP contribution in [0.1, 0.15) is 44.1 Å². The monoisotopic (exact) mass is 457 g/mol. The van der Waals surface area contributed by atoms with E-state index in [1.165, 1.54) is 0 Å². The highest BCUT2D eigenvalue weighted by atomic mass is 16.3. The number of aliphatic hydroxyl groups is 1. The van der Waals surface area contributed by atoms with Gasteiger partial charge in [0, 0.05) is 36.4 Å². The van der Waals surface area contributed by atoms with E-state index in [0.717, 1.165) is 43.2 Å². The van der Waals surface area contributed by atoms with Gasteiger partial charge in [0.05, 0.1) is 29.0 Å². The van der Waals surface area contributed by atoms with Crippen molar-refractivity contribution in [1.29, 1.82) is 0 Å². The smallest absolute Gasteiger partial charge is 0.239 e. The molecule has 2 aliphatic carbocycles. The van der Waals surface area contributed by atoms with Gasteiger partial charge in [-0.3, -0.25) is 14.8 Å². The molecule has 4 aromatic rings. The molecule has 4 aromatic heterocycles. The maximum absolute atomic E-state index is 13.4. The Kier molecular flexibility index (Phi) is 4.07. The van der Waals surface area contributed by atoms with Crippen LogP contribution in [0.5, 0.6) is 0 Å². The summed E-state index contributed by atoms with van der Waals surface area (Å²) in [6, 6.07) is 1.78. The predicted molar refractivity (Wildman–Crippen MR) is 123 cm³/mol. The number of nitrogens with zero attached hydrogens (tertiary/aromatic N) is 7. The maximum Gasteiger partial charge on any atom is 0.239 e. The topological polar surface area (TPSA) is 137 Å². The number of carbonyl (C=O) groups is 1. The van der Waals surface area contributed by atoms with E-state index in [-0.39, 0.29) is 18.1 Å². The fourth-order valence-corrected chi connectivity index (χ4v) is 5.42. The van der Waals surface area contributed by atoms with Gasteiger partial charge in [0.15, 0.2) is 5.65 Å². The van der Waals surface area contributed by atoms with Crippen LogP contribution in [0.15, 0.2) is 37.1 Å². The number of carbonyl (C=O) groups excluding carboxylic acids is 1. The highest BCUT2D eigenvalue weighted by Crippen LogP contribution is 2.57. The molecule has 2 saturated carbocycles. The largest absolute Gasteiger partial charge is 0.393 e. The van der Waals surface area contributed by atoms with Gasteiger partial charge in [0.25, 0.3) is 0 Å². The van der Waals surface area contributed by atoms with E-state index in [1.807, 2.05) is 17.2 Å². The zero-order valence-electron chi connectivity index (χ0n) is 18.3. The van der Waals surface area contributed by atoms with Crippen molar-refractivity contribution in [3.63, 3.8) is 0 Å². The summed E-state index contributed by atoms with van der Waals surface area (Å²) < 4.78 is 1.69. The molecule has 0 unspecified atom stereocenters. The third-order valence-corrected chi connectivity index (χ3v) is 7.30. The van der Waals surface area contributed by atoms with Crippen LogP contribution in [-0.4, -0.2) is 57.9 Å². The number of amides is 1. The van der Waals surface area contributed by atoms with E-state index >= 15 is 0 Å². The molecule has 1 aliphatic heterocycles. The summed E-state index contributed by atoms with van der Waals surface area (Å²) in [4.78, 5) is 29.0. The molecule has 1 amide bonds. The Morgan fingerprint density at radius 2 is 2.12 bits per heavy atom. The van der Waals surface area contributed by atoms with Crippen molar-refractivity contribution >= 4 is 29.0 Å². The van der Waals surface area contributed by atoms with E-state index in [4.69, 9.17) is 4.98 Å². The molecule has 1 spiro atoms. The molecular weight excluding hydrogens is 434 g/mol. The van der Waals surface area contributed by atoms with Gasteiger partial charge in [-0.05, 0) is 44.6 Å². The van der Waals surface area contributed by atoms with Crippen molar-refractivity contribution in [3.8, 4) is 11.3 Å². The number of hydrogen-bond acceptors (Lipinski definition) is 8. The molecule has 11 heteroatoms. The predicted octanol–water partition coefficient (Wildman–Crippen LogP) is 2.33. The number of hydrogen-bond donors (Lipinski definition) is 3. The van der Waals surface area contributed by atoms with Crippen LogP contribution < -0.4 is 10.2 Å². The lowest BCUT2D eigenvalue weighted by atomic mass is 9.92. The molecule has 2 fully saturated rings. The van der Waals surface area contributed by atoms with Crippen LogP contribution in [0, 0.1) is 0 Å². The minimum absolute atomic E-state index is 0.0351. The number of aliphatic hydroxyl groups excluding tert-OH is 1. The summed E-state index contributed by atoms with van der Waals surface area (Å²) in [7, 11) is 0. The number of anilines is 3. The van der Waals surface area contributed by atoms with Crippen molar-refractivity contribution in [1.82, 2.24) is 34.8 Å². The summed E-state index contributed by atoms with van der Waals surface area (Å²) in [5.41, 5.74) is 3.24. The molecule has 0 aromatic carbocycles. The number of aromatic nitrogens is 7. The first-order valence-corrected chi connectivity index (χ1v) is 11.6. The molecule has 3 aliphatic rings. The van der Waals surface area contributed by atoms with E-state index in [1.54, 1.807) is 29.3 Å². The van der Waals surface area contributed by atoms with E-state index in [9.17, 15) is 9.90 Å². The lowest BCUT2D eigenvalue weighted by Gasteiger charge is -2.33. The lowest BCUT2D eigenvalue weighted by Crippen LogP contribution is -2.44. The summed E-state index contributed by atoms with van der Waals surface area (Å²) in [5.74, 6) is 1.16. The SMILES string of the molecule is O=C1N([C@@H]2CCC[C@@H](O)C2)c2nc(Nc3c[nH]nc3-c3cnn4cccnc34)ncc2C12CC2. The Morgan fingerprint density at radius 3 is 2.97 bits per heavy atom. The highest BCUT2D eigenvalue weighted by molar-refractivity contribution is 6.09. The van der Waals surface area contributed by atoms with Crippen molar-refractivity contribution < 1.29 is 9.90 Å². The van der Waals surface area contributed by atoms with Crippen molar-refractivity contribution in [3.05, 3.63) is 42.6 Å². The number of rotatable bonds is 4. The van der Waals surface area contributed by atoms with Crippen molar-refractivity contribution in [2.45, 2.75) is 56.1 Å². The normalized spacial score (nSPS) is 23.0. The molecule has 0 radical (unpaired) electrons. The third-order valence-electron chi connectivity index (χ3n) is 7.30. The van der Waals surface area contributed by atoms with Crippen molar-refractivity contribution in [2.75, 3.05) is 10.2 Å². The summed E-state index contributed by atoms with van der Waals surface area (Å²) in [6.07, 6.45) is 13.2. The van der Waals surface area contributed by atoms with Gasteiger partial charge in [-0.25, -0.2) is 14.5 Å². The third kappa shape index (κ3) is 2.79. The molecule has 11 nitrogen and oxygen atoms in total. The molecule has 2 atom stereocenters. The van der Waals surface area contributed by atoms with Gasteiger partial charge in [-0.1, -0.05) is 0 Å². The van der Waals surface area contributed by atoms with Gasteiger partial charge < -0.3 is 10.4 Å². The van der Waals surface area contributed by atoms with Gasteiger partial charge in [0.1, 0.15) is 11.5 Å². The molecule has 0 bridgehead atoms. The Labute approximate surface area is 194 Å². The summed E-state index contributed by atoms with van der Waals surface area (Å²) in [5, 5.41) is 25.1. The van der Waals surface area contributed by atoms with Crippen LogP contribution in [-0.2, 0) is 10.2 Å². The first-order valence-electron chi connectivity index (χ1n) is 11.6. The average Bonchev–Trinajstić information content (AvgIpc) is 3.23. The second-order valence-electron chi connectivity index (χ2n) is 9.38. The van der Waals surface area contributed by atoms with Gasteiger partial charge in [-0.15, -0.1) is 0 Å². The first-order chi connectivity index (χ1) is 16.6. The fraction of sp³-hybridized carbons (Fsp3) is 0.391. The van der Waals surface area contributed by atoms with Gasteiger partial charge >= 0.3 is 0 Å². The highest BCUT2D eigenvalue weighted by Gasteiger charge is 2.61. The number of fused-ring (bicyclic) bond motifs is 3. The molecule has 5 heterocycles. The van der Waals surface area contributed by atoms with E-state index < -0.39 is 5.41 Å². The van der Waals surface area contributed by atoms with Gasteiger partial charge in [-0.2, -0.15) is 15.2 Å². The van der Waals surface area contributed by atoms with E-state index in [2.05, 4.69) is 30.6 Å². The molecular formula is C23H23N9O2. The Hall–Kier alpha value is -3.86. The number of H-pyrrole nitrogens is 1. The quantitative estimate of drug-likeness (QED) is 0.425. The van der Waals surface area contributed by atoms with Crippen LogP contribution in [0.3, 0.4) is 0 Å². The van der Waals surface area contributed by atoms with Crippen LogP contribution >= 0.6 is 0 Å². The average molecular weight is 457 g/mol.